The Morgan fingerprint density at radius 2 is 1.29 bits per heavy atom. The summed E-state index contributed by atoms with van der Waals surface area (Å²) < 4.78 is 5.86. The second-order valence-electron chi connectivity index (χ2n) is 6.58. The predicted octanol–water partition coefficient (Wildman–Crippen LogP) is 4.77. The van der Waals surface area contributed by atoms with Crippen LogP contribution in [0.5, 0.6) is 5.75 Å². The van der Waals surface area contributed by atoms with Crippen molar-refractivity contribution in [3.05, 3.63) is 54.6 Å². The predicted molar refractivity (Wildman–Crippen MR) is 99.1 cm³/mol. The van der Waals surface area contributed by atoms with Gasteiger partial charge in [-0.3, -0.25) is 4.79 Å². The van der Waals surface area contributed by atoms with Crippen molar-refractivity contribution in [1.82, 2.24) is 4.90 Å². The van der Waals surface area contributed by atoms with Gasteiger partial charge in [0.2, 0.25) is 0 Å². The van der Waals surface area contributed by atoms with Gasteiger partial charge in [0.15, 0.2) is 6.10 Å². The van der Waals surface area contributed by atoms with Gasteiger partial charge in [-0.1, -0.05) is 42.5 Å². The van der Waals surface area contributed by atoms with Crippen LogP contribution in [0, 0.1) is 0 Å². The number of rotatable bonds is 6. The van der Waals surface area contributed by atoms with Gasteiger partial charge in [-0.05, 0) is 57.9 Å². The molecule has 0 saturated carbocycles. The summed E-state index contributed by atoms with van der Waals surface area (Å²) in [5.41, 5.74) is 2.30. The van der Waals surface area contributed by atoms with Crippen molar-refractivity contribution in [2.45, 2.75) is 52.8 Å². The standard InChI is InChI=1S/C21H27NO2/c1-15(2)22(16(3)4)21(23)17(5)24-20-13-11-19(12-14-20)18-9-7-6-8-10-18/h6-17H,1-5H3. The number of hydrogen-bond acceptors (Lipinski definition) is 2. The van der Waals surface area contributed by atoms with Crippen LogP contribution in [0.2, 0.25) is 0 Å². The molecule has 0 N–H and O–H groups in total. The highest BCUT2D eigenvalue weighted by Crippen LogP contribution is 2.23. The average Bonchev–Trinajstić information content (AvgIpc) is 2.55. The van der Waals surface area contributed by atoms with E-state index in [-0.39, 0.29) is 18.0 Å². The zero-order chi connectivity index (χ0) is 17.7. The maximum absolute atomic E-state index is 12.6. The van der Waals surface area contributed by atoms with E-state index in [4.69, 9.17) is 4.74 Å². The molecule has 2 aromatic rings. The lowest BCUT2D eigenvalue weighted by atomic mass is 10.1. The van der Waals surface area contributed by atoms with Gasteiger partial charge in [0.1, 0.15) is 5.75 Å². The second-order valence-corrected chi connectivity index (χ2v) is 6.58. The summed E-state index contributed by atoms with van der Waals surface area (Å²) in [6.45, 7) is 9.92. The lowest BCUT2D eigenvalue weighted by Gasteiger charge is -2.33. The summed E-state index contributed by atoms with van der Waals surface area (Å²) >= 11 is 0. The van der Waals surface area contributed by atoms with Gasteiger partial charge >= 0.3 is 0 Å². The molecule has 1 unspecified atom stereocenters. The Morgan fingerprint density at radius 1 is 0.792 bits per heavy atom. The molecule has 0 fully saturated rings. The number of hydrogen-bond donors (Lipinski definition) is 0. The molecule has 0 bridgehead atoms. The monoisotopic (exact) mass is 325 g/mol. The van der Waals surface area contributed by atoms with Crippen LogP contribution in [0.1, 0.15) is 34.6 Å². The van der Waals surface area contributed by atoms with Crippen molar-refractivity contribution in [3.63, 3.8) is 0 Å². The van der Waals surface area contributed by atoms with Crippen LogP contribution in [0.4, 0.5) is 0 Å². The maximum atomic E-state index is 12.6. The first-order valence-electron chi connectivity index (χ1n) is 8.54. The van der Waals surface area contributed by atoms with E-state index in [0.717, 1.165) is 5.56 Å². The summed E-state index contributed by atoms with van der Waals surface area (Å²) in [5, 5.41) is 0. The molecule has 0 aromatic heterocycles. The van der Waals surface area contributed by atoms with Gasteiger partial charge in [0.05, 0.1) is 0 Å². The molecular weight excluding hydrogens is 298 g/mol. The Balaban J connectivity index is 2.06. The van der Waals surface area contributed by atoms with Crippen LogP contribution in [-0.2, 0) is 4.79 Å². The first kappa shape index (κ1) is 18.1. The number of benzene rings is 2. The van der Waals surface area contributed by atoms with Gasteiger partial charge in [0, 0.05) is 12.1 Å². The van der Waals surface area contributed by atoms with E-state index in [9.17, 15) is 4.79 Å². The van der Waals surface area contributed by atoms with E-state index >= 15 is 0 Å². The third-order valence-electron chi connectivity index (χ3n) is 3.99. The Morgan fingerprint density at radius 3 is 1.79 bits per heavy atom. The van der Waals surface area contributed by atoms with E-state index in [2.05, 4.69) is 12.1 Å². The van der Waals surface area contributed by atoms with Crippen molar-refractivity contribution in [2.24, 2.45) is 0 Å². The summed E-state index contributed by atoms with van der Waals surface area (Å²) in [6, 6.07) is 18.4. The van der Waals surface area contributed by atoms with Crippen LogP contribution in [0.25, 0.3) is 11.1 Å². The minimum Gasteiger partial charge on any atom is -0.481 e. The number of amides is 1. The molecule has 0 aliphatic carbocycles. The molecule has 0 spiro atoms. The molecular formula is C21H27NO2. The second kappa shape index (κ2) is 8.00. The Bertz CT molecular complexity index is 639. The van der Waals surface area contributed by atoms with Crippen LogP contribution < -0.4 is 4.74 Å². The Labute approximate surface area is 145 Å². The molecule has 3 nitrogen and oxygen atoms in total. The van der Waals surface area contributed by atoms with Gasteiger partial charge in [-0.2, -0.15) is 0 Å². The van der Waals surface area contributed by atoms with Crippen molar-refractivity contribution >= 4 is 5.91 Å². The van der Waals surface area contributed by atoms with E-state index in [1.807, 2.05) is 82.0 Å². The lowest BCUT2D eigenvalue weighted by Crippen LogP contribution is -2.47. The molecule has 0 radical (unpaired) electrons. The molecule has 3 heteroatoms. The van der Waals surface area contributed by atoms with Gasteiger partial charge in [-0.15, -0.1) is 0 Å². The fraction of sp³-hybridized carbons (Fsp3) is 0.381. The van der Waals surface area contributed by atoms with Crippen LogP contribution >= 0.6 is 0 Å². The largest absolute Gasteiger partial charge is 0.481 e. The molecule has 24 heavy (non-hydrogen) atoms. The molecule has 1 atom stereocenters. The van der Waals surface area contributed by atoms with Crippen molar-refractivity contribution in [1.29, 1.82) is 0 Å². The van der Waals surface area contributed by atoms with Gasteiger partial charge < -0.3 is 9.64 Å². The smallest absolute Gasteiger partial charge is 0.263 e. The highest BCUT2D eigenvalue weighted by molar-refractivity contribution is 5.81. The Hall–Kier alpha value is -2.29. The summed E-state index contributed by atoms with van der Waals surface area (Å²) in [7, 11) is 0. The number of carbonyl (C=O) groups excluding carboxylic acids is 1. The molecule has 128 valence electrons. The number of carbonyl (C=O) groups is 1. The lowest BCUT2D eigenvalue weighted by molar-refractivity contribution is -0.141. The minimum absolute atomic E-state index is 0.0205. The van der Waals surface area contributed by atoms with Gasteiger partial charge in [0.25, 0.3) is 5.91 Å². The molecule has 0 saturated heterocycles. The van der Waals surface area contributed by atoms with Crippen molar-refractivity contribution in [2.75, 3.05) is 0 Å². The summed E-state index contributed by atoms with van der Waals surface area (Å²) in [5.74, 6) is 0.732. The van der Waals surface area contributed by atoms with Crippen molar-refractivity contribution < 1.29 is 9.53 Å². The molecule has 0 aliphatic rings. The zero-order valence-electron chi connectivity index (χ0n) is 15.2. The first-order chi connectivity index (χ1) is 11.4. The van der Waals surface area contributed by atoms with Gasteiger partial charge in [-0.25, -0.2) is 0 Å². The zero-order valence-corrected chi connectivity index (χ0v) is 15.2. The highest BCUT2D eigenvalue weighted by Gasteiger charge is 2.26. The topological polar surface area (TPSA) is 29.5 Å². The summed E-state index contributed by atoms with van der Waals surface area (Å²) in [6.07, 6.45) is -0.502. The molecule has 2 rings (SSSR count). The molecule has 0 aliphatic heterocycles. The highest BCUT2D eigenvalue weighted by atomic mass is 16.5. The average molecular weight is 325 g/mol. The summed E-state index contributed by atoms with van der Waals surface area (Å²) in [4.78, 5) is 14.5. The first-order valence-corrected chi connectivity index (χ1v) is 8.54. The number of ether oxygens (including phenoxy) is 1. The van der Waals surface area contributed by atoms with E-state index < -0.39 is 6.10 Å². The van der Waals surface area contributed by atoms with Crippen molar-refractivity contribution in [3.8, 4) is 16.9 Å². The maximum Gasteiger partial charge on any atom is 0.263 e. The fourth-order valence-corrected chi connectivity index (χ4v) is 2.93. The normalized spacial score (nSPS) is 12.3. The van der Waals surface area contributed by atoms with E-state index in [1.54, 1.807) is 0 Å². The third-order valence-corrected chi connectivity index (χ3v) is 3.99. The minimum atomic E-state index is -0.502. The quantitative estimate of drug-likeness (QED) is 0.766. The third kappa shape index (κ3) is 4.38. The van der Waals surface area contributed by atoms with E-state index in [0.29, 0.717) is 5.75 Å². The van der Waals surface area contributed by atoms with E-state index in [1.165, 1.54) is 5.56 Å². The Kier molecular flexibility index (Phi) is 6.02. The van der Waals surface area contributed by atoms with Crippen LogP contribution in [-0.4, -0.2) is 29.0 Å². The molecule has 1 amide bonds. The SMILES string of the molecule is CC(Oc1ccc(-c2ccccc2)cc1)C(=O)N(C(C)C)C(C)C. The fourth-order valence-electron chi connectivity index (χ4n) is 2.93. The molecule has 0 heterocycles. The molecule has 2 aromatic carbocycles. The van der Waals surface area contributed by atoms with Crippen LogP contribution in [0.3, 0.4) is 0 Å². The number of nitrogens with zero attached hydrogens (tertiary/aromatic N) is 1. The van der Waals surface area contributed by atoms with Crippen LogP contribution in [0.15, 0.2) is 54.6 Å².